The topological polar surface area (TPSA) is 101 Å². The highest BCUT2D eigenvalue weighted by atomic mass is 16.4. The standard InChI is InChI=1S/C24H24N8O/c1-14(2)16-7-5-10-32-20(16)12-19(30-32)22-21-18(26-13-27-21)8-11-31(22)24-29-28-23(33-24)17-6-4-9-25-15(17)3/h4-7,9-10,12-14,22H,8,11H2,1-3H3,(H,26,27)/t22-/m1/s1. The van der Waals surface area contributed by atoms with Crippen molar-refractivity contribution in [2.45, 2.75) is 39.2 Å². The summed E-state index contributed by atoms with van der Waals surface area (Å²) in [6, 6.07) is 10.4. The van der Waals surface area contributed by atoms with Crippen molar-refractivity contribution >= 4 is 11.5 Å². The van der Waals surface area contributed by atoms with Crippen molar-refractivity contribution in [1.29, 1.82) is 0 Å². The molecular weight excluding hydrogens is 416 g/mol. The van der Waals surface area contributed by atoms with Crippen molar-refractivity contribution in [2.75, 3.05) is 11.4 Å². The van der Waals surface area contributed by atoms with Crippen LogP contribution in [0.3, 0.4) is 0 Å². The van der Waals surface area contributed by atoms with Gasteiger partial charge in [-0.1, -0.05) is 25.0 Å². The molecule has 1 aliphatic rings. The molecule has 0 aliphatic carbocycles. The maximum atomic E-state index is 6.16. The Hall–Kier alpha value is -4.01. The number of nitrogens with zero attached hydrogens (tertiary/aromatic N) is 7. The molecular formula is C24H24N8O. The van der Waals surface area contributed by atoms with E-state index in [1.54, 1.807) is 12.5 Å². The predicted molar refractivity (Wildman–Crippen MR) is 123 cm³/mol. The fraction of sp³-hybridized carbons (Fsp3) is 0.292. The number of nitrogens with one attached hydrogen (secondary N) is 1. The third kappa shape index (κ3) is 3.19. The fourth-order valence-electron chi connectivity index (χ4n) is 4.61. The van der Waals surface area contributed by atoms with Gasteiger partial charge in [-0.25, -0.2) is 9.50 Å². The van der Waals surface area contributed by atoms with E-state index in [0.717, 1.165) is 40.3 Å². The summed E-state index contributed by atoms with van der Waals surface area (Å²) in [4.78, 5) is 14.4. The third-order valence-electron chi connectivity index (χ3n) is 6.28. The van der Waals surface area contributed by atoms with E-state index in [9.17, 15) is 0 Å². The summed E-state index contributed by atoms with van der Waals surface area (Å²) in [5.41, 5.74) is 6.98. The van der Waals surface area contributed by atoms with Crippen molar-refractivity contribution in [3.05, 3.63) is 77.4 Å². The van der Waals surface area contributed by atoms with E-state index in [1.165, 1.54) is 5.56 Å². The Bertz CT molecular complexity index is 1450. The van der Waals surface area contributed by atoms with Gasteiger partial charge < -0.3 is 14.3 Å². The molecule has 5 aromatic rings. The number of anilines is 1. The largest absolute Gasteiger partial charge is 0.403 e. The van der Waals surface area contributed by atoms with Gasteiger partial charge in [0.2, 0.25) is 0 Å². The molecule has 9 nitrogen and oxygen atoms in total. The number of rotatable bonds is 4. The lowest BCUT2D eigenvalue weighted by Crippen LogP contribution is -2.36. The minimum atomic E-state index is -0.233. The maximum absolute atomic E-state index is 6.16. The highest BCUT2D eigenvalue weighted by Gasteiger charge is 2.36. The van der Waals surface area contributed by atoms with Gasteiger partial charge in [-0.15, -0.1) is 5.10 Å². The number of imidazole rings is 1. The number of aryl methyl sites for hydroxylation is 1. The molecule has 166 valence electrons. The molecule has 0 bridgehead atoms. The average molecular weight is 441 g/mol. The molecule has 0 saturated carbocycles. The van der Waals surface area contributed by atoms with Crippen molar-refractivity contribution in [2.24, 2.45) is 0 Å². The molecule has 6 heterocycles. The van der Waals surface area contributed by atoms with Gasteiger partial charge >= 0.3 is 6.01 Å². The second kappa shape index (κ2) is 7.54. The molecule has 0 aromatic carbocycles. The Morgan fingerprint density at radius 3 is 2.91 bits per heavy atom. The number of hydrogen-bond acceptors (Lipinski definition) is 7. The zero-order valence-electron chi connectivity index (χ0n) is 18.7. The molecule has 6 rings (SSSR count). The van der Waals surface area contributed by atoms with Crippen LogP contribution in [-0.2, 0) is 6.42 Å². The summed E-state index contributed by atoms with van der Waals surface area (Å²) in [6.45, 7) is 7.03. The zero-order chi connectivity index (χ0) is 22.5. The van der Waals surface area contributed by atoms with E-state index >= 15 is 0 Å². The number of H-pyrrole nitrogens is 1. The molecule has 0 spiro atoms. The van der Waals surface area contributed by atoms with Crippen LogP contribution in [0.1, 0.15) is 54.1 Å². The molecule has 0 unspecified atom stereocenters. The molecule has 0 fully saturated rings. The summed E-state index contributed by atoms with van der Waals surface area (Å²) in [5.74, 6) is 0.849. The van der Waals surface area contributed by atoms with Crippen molar-refractivity contribution < 1.29 is 4.42 Å². The Morgan fingerprint density at radius 2 is 2.06 bits per heavy atom. The summed E-state index contributed by atoms with van der Waals surface area (Å²) in [6.07, 6.45) is 6.29. The second-order valence-electron chi connectivity index (χ2n) is 8.66. The molecule has 1 aliphatic heterocycles. The minimum Gasteiger partial charge on any atom is -0.403 e. The number of fused-ring (bicyclic) bond motifs is 2. The number of aromatic nitrogens is 7. The first-order valence-corrected chi connectivity index (χ1v) is 11.1. The van der Waals surface area contributed by atoms with Crippen LogP contribution < -0.4 is 4.90 Å². The Labute approximate surface area is 190 Å². The monoisotopic (exact) mass is 440 g/mol. The van der Waals surface area contributed by atoms with Crippen LogP contribution in [0.25, 0.3) is 17.0 Å². The summed E-state index contributed by atoms with van der Waals surface area (Å²) in [7, 11) is 0. The second-order valence-corrected chi connectivity index (χ2v) is 8.66. The molecule has 1 atom stereocenters. The van der Waals surface area contributed by atoms with Crippen molar-refractivity contribution in [3.8, 4) is 11.5 Å². The maximum Gasteiger partial charge on any atom is 0.319 e. The van der Waals surface area contributed by atoms with Crippen LogP contribution >= 0.6 is 0 Å². The van der Waals surface area contributed by atoms with Crippen LogP contribution in [0, 0.1) is 6.92 Å². The highest BCUT2D eigenvalue weighted by Crippen LogP contribution is 2.37. The fourth-order valence-corrected chi connectivity index (χ4v) is 4.61. The van der Waals surface area contributed by atoms with Gasteiger partial charge in [0.05, 0.1) is 28.8 Å². The smallest absolute Gasteiger partial charge is 0.319 e. The van der Waals surface area contributed by atoms with E-state index in [1.807, 2.05) is 35.8 Å². The van der Waals surface area contributed by atoms with E-state index in [4.69, 9.17) is 9.52 Å². The Kier molecular flexibility index (Phi) is 4.49. The van der Waals surface area contributed by atoms with Gasteiger partial charge in [-0.2, -0.15) is 5.10 Å². The van der Waals surface area contributed by atoms with Gasteiger partial charge in [0.15, 0.2) is 0 Å². The zero-order valence-corrected chi connectivity index (χ0v) is 18.7. The van der Waals surface area contributed by atoms with Gasteiger partial charge in [0.25, 0.3) is 5.89 Å². The van der Waals surface area contributed by atoms with Crippen molar-refractivity contribution in [1.82, 2.24) is 34.8 Å². The quantitative estimate of drug-likeness (QED) is 0.449. The van der Waals surface area contributed by atoms with Gasteiger partial charge in [0.1, 0.15) is 6.04 Å². The minimum absolute atomic E-state index is 0.233. The Balaban J connectivity index is 1.46. The van der Waals surface area contributed by atoms with Crippen LogP contribution in [0.4, 0.5) is 6.01 Å². The predicted octanol–water partition coefficient (Wildman–Crippen LogP) is 4.09. The highest BCUT2D eigenvalue weighted by molar-refractivity contribution is 5.59. The first-order valence-electron chi connectivity index (χ1n) is 11.1. The lowest BCUT2D eigenvalue weighted by Gasteiger charge is -2.32. The van der Waals surface area contributed by atoms with Gasteiger partial charge in [-0.05, 0) is 42.7 Å². The van der Waals surface area contributed by atoms with Crippen molar-refractivity contribution in [3.63, 3.8) is 0 Å². The van der Waals surface area contributed by atoms with Crippen LogP contribution in [0.15, 0.2) is 53.5 Å². The van der Waals surface area contributed by atoms with E-state index < -0.39 is 0 Å². The Morgan fingerprint density at radius 1 is 1.15 bits per heavy atom. The summed E-state index contributed by atoms with van der Waals surface area (Å²) in [5, 5.41) is 13.7. The molecule has 9 heteroatoms. The summed E-state index contributed by atoms with van der Waals surface area (Å²) < 4.78 is 8.11. The first-order chi connectivity index (χ1) is 16.1. The van der Waals surface area contributed by atoms with Gasteiger partial charge in [0, 0.05) is 36.7 Å². The number of aromatic amines is 1. The molecule has 0 amide bonds. The summed E-state index contributed by atoms with van der Waals surface area (Å²) >= 11 is 0. The van der Waals surface area contributed by atoms with Crippen LogP contribution in [0.2, 0.25) is 0 Å². The normalized spacial score (nSPS) is 16.0. The lowest BCUT2D eigenvalue weighted by molar-refractivity contribution is 0.503. The number of pyridine rings is 2. The SMILES string of the molecule is Cc1ncccc1-c1nnc(N2CCc3[nH]cnc3[C@H]2c2cc3c(C(C)C)cccn3n2)o1. The molecule has 1 N–H and O–H groups in total. The molecule has 0 radical (unpaired) electrons. The third-order valence-corrected chi connectivity index (χ3v) is 6.28. The van der Waals surface area contributed by atoms with E-state index in [-0.39, 0.29) is 6.04 Å². The van der Waals surface area contributed by atoms with Crippen LogP contribution in [0.5, 0.6) is 0 Å². The van der Waals surface area contributed by atoms with Crippen LogP contribution in [-0.4, -0.2) is 41.3 Å². The molecule has 0 saturated heterocycles. The first kappa shape index (κ1) is 19.7. The number of hydrogen-bond donors (Lipinski definition) is 1. The van der Waals surface area contributed by atoms with E-state index in [2.05, 4.69) is 56.0 Å². The molecule has 5 aromatic heterocycles. The average Bonchev–Trinajstić information content (AvgIpc) is 3.56. The van der Waals surface area contributed by atoms with E-state index in [0.29, 0.717) is 24.4 Å². The van der Waals surface area contributed by atoms with Gasteiger partial charge in [-0.3, -0.25) is 4.98 Å². The lowest BCUT2D eigenvalue weighted by atomic mass is 9.99. The molecule has 33 heavy (non-hydrogen) atoms.